The zero-order valence-electron chi connectivity index (χ0n) is 10.2. The fourth-order valence-electron chi connectivity index (χ4n) is 1.54. The van der Waals surface area contributed by atoms with Gasteiger partial charge in [0.15, 0.2) is 5.16 Å². The van der Waals surface area contributed by atoms with Gasteiger partial charge in [0, 0.05) is 29.6 Å². The number of nitro groups is 1. The molecule has 0 aliphatic carbocycles. The van der Waals surface area contributed by atoms with Gasteiger partial charge < -0.3 is 5.73 Å². The average Bonchev–Trinajstić information content (AvgIpc) is 2.35. The molecule has 0 saturated carbocycles. The van der Waals surface area contributed by atoms with Gasteiger partial charge in [-0.15, -0.1) is 0 Å². The molecule has 0 amide bonds. The van der Waals surface area contributed by atoms with Crippen LogP contribution in [-0.4, -0.2) is 14.9 Å². The number of nitro benzene ring substituents is 1. The van der Waals surface area contributed by atoms with Crippen LogP contribution >= 0.6 is 11.8 Å². The number of hydrogen-bond donors (Lipinski definition) is 1. The summed E-state index contributed by atoms with van der Waals surface area (Å²) in [6, 6.07) is 8.21. The summed E-state index contributed by atoms with van der Waals surface area (Å²) in [4.78, 5) is 18.6. The number of nitrogens with two attached hydrogens (primary N) is 1. The van der Waals surface area contributed by atoms with Gasteiger partial charge in [0.05, 0.1) is 4.92 Å². The number of nitrogen functional groups attached to an aromatic ring is 1. The summed E-state index contributed by atoms with van der Waals surface area (Å²) in [6.45, 7) is 1.84. The smallest absolute Gasteiger partial charge is 0.269 e. The summed E-state index contributed by atoms with van der Waals surface area (Å²) in [5.74, 6) is 0.985. The van der Waals surface area contributed by atoms with Crippen LogP contribution in [0.5, 0.6) is 0 Å². The van der Waals surface area contributed by atoms with E-state index in [0.29, 0.717) is 16.7 Å². The maximum absolute atomic E-state index is 10.7. The first kappa shape index (κ1) is 13.3. The van der Waals surface area contributed by atoms with Gasteiger partial charge >= 0.3 is 0 Å². The first-order chi connectivity index (χ1) is 9.04. The number of anilines is 1. The summed E-state index contributed by atoms with van der Waals surface area (Å²) in [6.07, 6.45) is 0. The Morgan fingerprint density at radius 3 is 2.84 bits per heavy atom. The fourth-order valence-corrected chi connectivity index (χ4v) is 2.39. The summed E-state index contributed by atoms with van der Waals surface area (Å²) < 4.78 is 0. The van der Waals surface area contributed by atoms with E-state index in [2.05, 4.69) is 9.97 Å². The molecule has 2 N–H and O–H groups in total. The van der Waals surface area contributed by atoms with E-state index in [1.807, 2.05) is 13.0 Å². The third-order valence-corrected chi connectivity index (χ3v) is 3.26. The van der Waals surface area contributed by atoms with E-state index in [1.54, 1.807) is 18.2 Å². The lowest BCUT2D eigenvalue weighted by Gasteiger charge is -2.03. The van der Waals surface area contributed by atoms with E-state index in [0.717, 1.165) is 11.3 Å². The van der Waals surface area contributed by atoms with Crippen LogP contribution in [0.1, 0.15) is 11.3 Å². The molecule has 0 bridgehead atoms. The quantitative estimate of drug-likeness (QED) is 0.399. The van der Waals surface area contributed by atoms with E-state index in [4.69, 9.17) is 5.73 Å². The largest absolute Gasteiger partial charge is 0.384 e. The lowest BCUT2D eigenvalue weighted by molar-refractivity contribution is -0.384. The van der Waals surface area contributed by atoms with Crippen molar-refractivity contribution in [2.45, 2.75) is 17.8 Å². The van der Waals surface area contributed by atoms with Crippen molar-refractivity contribution in [3.8, 4) is 0 Å². The number of aryl methyl sites for hydroxylation is 1. The molecule has 1 aromatic carbocycles. The molecule has 0 radical (unpaired) electrons. The molecule has 0 saturated heterocycles. The molecule has 98 valence electrons. The second kappa shape index (κ2) is 5.66. The normalized spacial score (nSPS) is 10.4. The van der Waals surface area contributed by atoms with Crippen LogP contribution in [0.2, 0.25) is 0 Å². The lowest BCUT2D eigenvalue weighted by atomic mass is 10.2. The minimum absolute atomic E-state index is 0.0859. The maximum atomic E-state index is 10.7. The van der Waals surface area contributed by atoms with Crippen molar-refractivity contribution < 1.29 is 4.92 Å². The zero-order valence-corrected chi connectivity index (χ0v) is 11.1. The first-order valence-electron chi connectivity index (χ1n) is 5.52. The zero-order chi connectivity index (χ0) is 13.8. The van der Waals surface area contributed by atoms with Crippen LogP contribution < -0.4 is 5.73 Å². The number of aromatic nitrogens is 2. The van der Waals surface area contributed by atoms with Gasteiger partial charge in [-0.2, -0.15) is 0 Å². The Labute approximate surface area is 114 Å². The Balaban J connectivity index is 2.10. The molecule has 0 fully saturated rings. The first-order valence-corrected chi connectivity index (χ1v) is 6.50. The molecule has 0 unspecified atom stereocenters. The van der Waals surface area contributed by atoms with Gasteiger partial charge in [0.2, 0.25) is 0 Å². The second-order valence-corrected chi connectivity index (χ2v) is 4.87. The average molecular weight is 276 g/mol. The Morgan fingerprint density at radius 1 is 1.37 bits per heavy atom. The van der Waals surface area contributed by atoms with E-state index in [-0.39, 0.29) is 5.69 Å². The topological polar surface area (TPSA) is 94.9 Å². The van der Waals surface area contributed by atoms with E-state index in [9.17, 15) is 10.1 Å². The molecule has 1 aromatic heterocycles. The molecule has 0 aliphatic rings. The standard InChI is InChI=1S/C12H12N4O2S/c1-8-5-11(13)15-12(14-8)19-7-9-3-2-4-10(6-9)16(17)18/h2-6H,7H2,1H3,(H2,13,14,15). The van der Waals surface area contributed by atoms with Gasteiger partial charge in [-0.3, -0.25) is 10.1 Å². The highest BCUT2D eigenvalue weighted by atomic mass is 32.2. The molecule has 2 aromatic rings. The number of nitrogens with zero attached hydrogens (tertiary/aromatic N) is 3. The SMILES string of the molecule is Cc1cc(N)nc(SCc2cccc([N+](=O)[O-])c2)n1. The molecule has 7 heteroatoms. The Hall–Kier alpha value is -2.15. The third-order valence-electron chi connectivity index (χ3n) is 2.34. The van der Waals surface area contributed by atoms with Crippen molar-refractivity contribution >= 4 is 23.3 Å². The Morgan fingerprint density at radius 2 is 2.16 bits per heavy atom. The van der Waals surface area contributed by atoms with Crippen molar-refractivity contribution in [2.24, 2.45) is 0 Å². The summed E-state index contributed by atoms with van der Waals surface area (Å²) >= 11 is 1.40. The van der Waals surface area contributed by atoms with Gasteiger partial charge in [-0.1, -0.05) is 23.9 Å². The van der Waals surface area contributed by atoms with Crippen LogP contribution in [0.4, 0.5) is 11.5 Å². The predicted octanol–water partition coefficient (Wildman–Crippen LogP) is 2.57. The van der Waals surface area contributed by atoms with Crippen molar-refractivity contribution in [2.75, 3.05) is 5.73 Å². The molecule has 2 rings (SSSR count). The predicted molar refractivity (Wildman–Crippen MR) is 73.8 cm³/mol. The monoisotopic (exact) mass is 276 g/mol. The molecule has 1 heterocycles. The van der Waals surface area contributed by atoms with Crippen LogP contribution in [0.3, 0.4) is 0 Å². The van der Waals surface area contributed by atoms with Crippen LogP contribution in [0.15, 0.2) is 35.5 Å². The van der Waals surface area contributed by atoms with Crippen molar-refractivity contribution in [1.82, 2.24) is 9.97 Å². The highest BCUT2D eigenvalue weighted by molar-refractivity contribution is 7.98. The fraction of sp³-hybridized carbons (Fsp3) is 0.167. The Bertz CT molecular complexity index is 598. The minimum atomic E-state index is -0.407. The number of rotatable bonds is 4. The van der Waals surface area contributed by atoms with Gasteiger partial charge in [0.25, 0.3) is 5.69 Å². The highest BCUT2D eigenvalue weighted by Crippen LogP contribution is 2.22. The summed E-state index contributed by atoms with van der Waals surface area (Å²) in [7, 11) is 0. The van der Waals surface area contributed by atoms with Crippen LogP contribution in [0, 0.1) is 17.0 Å². The minimum Gasteiger partial charge on any atom is -0.384 e. The van der Waals surface area contributed by atoms with Crippen molar-refractivity contribution in [1.29, 1.82) is 0 Å². The number of thioether (sulfide) groups is 1. The second-order valence-electron chi connectivity index (χ2n) is 3.93. The molecule has 0 aliphatic heterocycles. The molecule has 19 heavy (non-hydrogen) atoms. The van der Waals surface area contributed by atoms with Crippen LogP contribution in [0.25, 0.3) is 0 Å². The summed E-state index contributed by atoms with van der Waals surface area (Å²) in [5, 5.41) is 11.2. The molecular formula is C12H12N4O2S. The van der Waals surface area contributed by atoms with E-state index < -0.39 is 4.92 Å². The molecule has 6 nitrogen and oxygen atoms in total. The van der Waals surface area contributed by atoms with E-state index in [1.165, 1.54) is 17.8 Å². The van der Waals surface area contributed by atoms with Gasteiger partial charge in [-0.25, -0.2) is 9.97 Å². The van der Waals surface area contributed by atoms with Crippen molar-refractivity contribution in [3.63, 3.8) is 0 Å². The Kier molecular flexibility index (Phi) is 3.96. The van der Waals surface area contributed by atoms with Gasteiger partial charge in [0.1, 0.15) is 5.82 Å². The third kappa shape index (κ3) is 3.65. The number of hydrogen-bond acceptors (Lipinski definition) is 6. The van der Waals surface area contributed by atoms with Crippen LogP contribution in [-0.2, 0) is 5.75 Å². The highest BCUT2D eigenvalue weighted by Gasteiger charge is 2.07. The van der Waals surface area contributed by atoms with Crippen molar-refractivity contribution in [3.05, 3.63) is 51.7 Å². The molecule has 0 atom stereocenters. The van der Waals surface area contributed by atoms with E-state index >= 15 is 0 Å². The molecular weight excluding hydrogens is 264 g/mol. The number of non-ortho nitro benzene ring substituents is 1. The van der Waals surface area contributed by atoms with Gasteiger partial charge in [-0.05, 0) is 12.5 Å². The summed E-state index contributed by atoms with van der Waals surface area (Å²) in [5.41, 5.74) is 7.37. The lowest BCUT2D eigenvalue weighted by Crippen LogP contribution is -1.97. The molecule has 0 spiro atoms. The maximum Gasteiger partial charge on any atom is 0.269 e. The number of benzene rings is 1.